The van der Waals surface area contributed by atoms with Crippen molar-refractivity contribution >= 4 is 19.9 Å². The van der Waals surface area contributed by atoms with Crippen LogP contribution in [-0.4, -0.2) is 46.2 Å². The Hall–Kier alpha value is -0.180. The summed E-state index contributed by atoms with van der Waals surface area (Å²) in [6.45, 7) is 1.96. The smallest absolute Gasteiger partial charge is 0.210 e. The number of hydrogen-bond acceptors (Lipinski definition) is 5. The topological polar surface area (TPSA) is 106 Å². The SMILES string of the molecule is CC1(NCCS(N)(=O)=O)CCS(=O)(=O)C1. The Kier molecular flexibility index (Phi) is 3.44. The van der Waals surface area contributed by atoms with Gasteiger partial charge in [-0.05, 0) is 13.3 Å². The first-order valence-corrected chi connectivity index (χ1v) is 8.12. The van der Waals surface area contributed by atoms with Crippen LogP contribution in [0.3, 0.4) is 0 Å². The zero-order valence-electron chi connectivity index (χ0n) is 8.56. The number of nitrogens with two attached hydrogens (primary N) is 1. The van der Waals surface area contributed by atoms with Gasteiger partial charge in [0, 0.05) is 12.1 Å². The van der Waals surface area contributed by atoms with Gasteiger partial charge < -0.3 is 5.32 Å². The van der Waals surface area contributed by atoms with E-state index in [0.29, 0.717) is 6.42 Å². The van der Waals surface area contributed by atoms with Crippen molar-refractivity contribution in [2.75, 3.05) is 23.8 Å². The lowest BCUT2D eigenvalue weighted by Gasteiger charge is -2.23. The van der Waals surface area contributed by atoms with Crippen molar-refractivity contribution < 1.29 is 16.8 Å². The summed E-state index contributed by atoms with van der Waals surface area (Å²) in [5.41, 5.74) is -0.510. The number of primary sulfonamides is 1. The summed E-state index contributed by atoms with van der Waals surface area (Å²) in [7, 11) is -6.45. The predicted molar refractivity (Wildman–Crippen MR) is 57.7 cm³/mol. The Morgan fingerprint density at radius 1 is 1.47 bits per heavy atom. The molecular weight excluding hydrogens is 240 g/mol. The van der Waals surface area contributed by atoms with Crippen molar-refractivity contribution in [2.24, 2.45) is 5.14 Å². The van der Waals surface area contributed by atoms with Crippen LogP contribution >= 0.6 is 0 Å². The molecule has 6 nitrogen and oxygen atoms in total. The molecule has 1 saturated heterocycles. The molecule has 0 aromatic heterocycles. The molecule has 0 bridgehead atoms. The van der Waals surface area contributed by atoms with Gasteiger partial charge in [0.25, 0.3) is 0 Å². The maximum Gasteiger partial charge on any atom is 0.210 e. The van der Waals surface area contributed by atoms with Gasteiger partial charge in [0.1, 0.15) is 0 Å². The fourth-order valence-corrected chi connectivity index (χ4v) is 4.15. The molecule has 1 atom stereocenters. The molecule has 1 fully saturated rings. The van der Waals surface area contributed by atoms with E-state index in [1.54, 1.807) is 6.92 Å². The first-order valence-electron chi connectivity index (χ1n) is 4.58. The fraction of sp³-hybridized carbons (Fsp3) is 1.00. The van der Waals surface area contributed by atoms with Crippen molar-refractivity contribution in [1.82, 2.24) is 5.32 Å². The average Bonchev–Trinajstić information content (AvgIpc) is 2.23. The van der Waals surface area contributed by atoms with E-state index < -0.39 is 25.4 Å². The summed E-state index contributed by atoms with van der Waals surface area (Å²) in [6.07, 6.45) is 0.514. The van der Waals surface area contributed by atoms with Gasteiger partial charge in [0.05, 0.1) is 17.3 Å². The highest BCUT2D eigenvalue weighted by Crippen LogP contribution is 2.22. The zero-order valence-corrected chi connectivity index (χ0v) is 10.2. The van der Waals surface area contributed by atoms with Crippen molar-refractivity contribution in [3.63, 3.8) is 0 Å². The molecule has 90 valence electrons. The van der Waals surface area contributed by atoms with Crippen LogP contribution < -0.4 is 10.5 Å². The average molecular weight is 256 g/mol. The van der Waals surface area contributed by atoms with Gasteiger partial charge in [-0.3, -0.25) is 0 Å². The number of hydrogen-bond donors (Lipinski definition) is 2. The second-order valence-electron chi connectivity index (χ2n) is 4.20. The van der Waals surface area contributed by atoms with Gasteiger partial charge in [-0.2, -0.15) is 0 Å². The van der Waals surface area contributed by atoms with Crippen LogP contribution in [0.25, 0.3) is 0 Å². The molecule has 1 heterocycles. The molecule has 0 radical (unpaired) electrons. The third-order valence-electron chi connectivity index (χ3n) is 2.44. The van der Waals surface area contributed by atoms with Crippen LogP contribution in [0.5, 0.6) is 0 Å². The standard InChI is InChI=1S/C7H16N2O4S2/c1-7(2-4-14(10,11)6-7)9-3-5-15(8,12)13/h9H,2-6H2,1H3,(H2,8,12,13). The van der Waals surface area contributed by atoms with Crippen LogP contribution in [0.2, 0.25) is 0 Å². The highest BCUT2D eigenvalue weighted by molar-refractivity contribution is 7.91. The highest BCUT2D eigenvalue weighted by atomic mass is 32.2. The molecule has 8 heteroatoms. The summed E-state index contributed by atoms with van der Waals surface area (Å²) in [5.74, 6) is 0.0408. The van der Waals surface area contributed by atoms with Crippen molar-refractivity contribution in [2.45, 2.75) is 18.9 Å². The number of rotatable bonds is 4. The quantitative estimate of drug-likeness (QED) is 0.633. The monoisotopic (exact) mass is 256 g/mol. The molecule has 0 amide bonds. The van der Waals surface area contributed by atoms with Crippen LogP contribution in [-0.2, 0) is 19.9 Å². The molecule has 3 N–H and O–H groups in total. The Morgan fingerprint density at radius 3 is 2.47 bits per heavy atom. The highest BCUT2D eigenvalue weighted by Gasteiger charge is 2.37. The number of sulfonamides is 1. The lowest BCUT2D eigenvalue weighted by Crippen LogP contribution is -2.45. The van der Waals surface area contributed by atoms with E-state index in [2.05, 4.69) is 5.32 Å². The largest absolute Gasteiger partial charge is 0.309 e. The minimum absolute atomic E-state index is 0.0601. The Labute approximate surface area is 90.2 Å². The Balaban J connectivity index is 2.47. The molecule has 1 rings (SSSR count). The van der Waals surface area contributed by atoms with E-state index in [-0.39, 0.29) is 23.8 Å². The summed E-state index contributed by atoms with van der Waals surface area (Å²) >= 11 is 0. The molecule has 0 aromatic carbocycles. The summed E-state index contributed by atoms with van der Waals surface area (Å²) < 4.78 is 43.8. The van der Waals surface area contributed by atoms with Gasteiger partial charge in [-0.1, -0.05) is 0 Å². The summed E-state index contributed by atoms with van der Waals surface area (Å²) in [5, 5.41) is 7.76. The molecule has 0 aliphatic carbocycles. The van der Waals surface area contributed by atoms with Gasteiger partial charge in [-0.25, -0.2) is 22.0 Å². The predicted octanol–water partition coefficient (Wildman–Crippen LogP) is -1.56. The lowest BCUT2D eigenvalue weighted by molar-refractivity contribution is 0.409. The normalized spacial score (nSPS) is 30.5. The van der Waals surface area contributed by atoms with E-state index in [9.17, 15) is 16.8 Å². The second-order valence-corrected chi connectivity index (χ2v) is 8.11. The minimum atomic E-state index is -3.48. The molecule has 15 heavy (non-hydrogen) atoms. The van der Waals surface area contributed by atoms with E-state index in [1.807, 2.05) is 0 Å². The van der Waals surface area contributed by atoms with E-state index in [4.69, 9.17) is 5.14 Å². The van der Waals surface area contributed by atoms with Crippen molar-refractivity contribution in [1.29, 1.82) is 0 Å². The molecule has 1 unspecified atom stereocenters. The van der Waals surface area contributed by atoms with Gasteiger partial charge in [0.2, 0.25) is 10.0 Å². The molecule has 1 aliphatic rings. The fourth-order valence-electron chi connectivity index (χ4n) is 1.64. The summed E-state index contributed by atoms with van der Waals surface area (Å²) in [4.78, 5) is 0. The molecule has 0 saturated carbocycles. The van der Waals surface area contributed by atoms with Gasteiger partial charge in [0.15, 0.2) is 9.84 Å². The molecule has 0 aromatic rings. The second kappa shape index (κ2) is 4.00. The first kappa shape index (κ1) is 12.9. The Morgan fingerprint density at radius 2 is 2.07 bits per heavy atom. The maximum atomic E-state index is 11.2. The maximum absolute atomic E-state index is 11.2. The number of nitrogens with one attached hydrogen (secondary N) is 1. The van der Waals surface area contributed by atoms with Crippen LogP contribution in [0, 0.1) is 0 Å². The van der Waals surface area contributed by atoms with Gasteiger partial charge >= 0.3 is 0 Å². The minimum Gasteiger partial charge on any atom is -0.309 e. The number of sulfone groups is 1. The third-order valence-corrected chi connectivity index (χ3v) is 5.12. The lowest BCUT2D eigenvalue weighted by atomic mass is 10.0. The van der Waals surface area contributed by atoms with Crippen molar-refractivity contribution in [3.8, 4) is 0 Å². The Bertz CT molecular complexity index is 428. The van der Waals surface area contributed by atoms with Crippen LogP contribution in [0.1, 0.15) is 13.3 Å². The molecular formula is C7H16N2O4S2. The first-order chi connectivity index (χ1) is 6.62. The van der Waals surface area contributed by atoms with Crippen molar-refractivity contribution in [3.05, 3.63) is 0 Å². The van der Waals surface area contributed by atoms with E-state index in [1.165, 1.54) is 0 Å². The van der Waals surface area contributed by atoms with Crippen LogP contribution in [0.4, 0.5) is 0 Å². The van der Waals surface area contributed by atoms with E-state index >= 15 is 0 Å². The van der Waals surface area contributed by atoms with E-state index in [0.717, 1.165) is 0 Å². The molecule has 0 spiro atoms. The summed E-state index contributed by atoms with van der Waals surface area (Å²) in [6, 6.07) is 0. The zero-order chi connectivity index (χ0) is 11.7. The molecule has 1 aliphatic heterocycles. The third kappa shape index (κ3) is 4.45. The van der Waals surface area contributed by atoms with Gasteiger partial charge in [-0.15, -0.1) is 0 Å². The van der Waals surface area contributed by atoms with Crippen LogP contribution in [0.15, 0.2) is 0 Å².